The number of nitrogens with zero attached hydrogens (tertiary/aromatic N) is 1. The number of hydrogen-bond acceptors (Lipinski definition) is 2. The van der Waals surface area contributed by atoms with Crippen LogP contribution in [0.15, 0.2) is 36.7 Å². The predicted octanol–water partition coefficient (Wildman–Crippen LogP) is 2.08. The zero-order valence-electron chi connectivity index (χ0n) is 10.4. The van der Waals surface area contributed by atoms with Crippen molar-refractivity contribution >= 4 is 5.91 Å². The predicted molar refractivity (Wildman–Crippen MR) is 70.4 cm³/mol. The molecule has 1 heterocycles. The molecule has 0 saturated heterocycles. The number of hydrogen-bond donors (Lipinski definition) is 2. The minimum Gasteiger partial charge on any atom is -0.352 e. The third-order valence-corrected chi connectivity index (χ3v) is 2.74. The van der Waals surface area contributed by atoms with E-state index < -0.39 is 0 Å². The summed E-state index contributed by atoms with van der Waals surface area (Å²) in [4.78, 5) is 19.0. The smallest absolute Gasteiger partial charge is 0.251 e. The summed E-state index contributed by atoms with van der Waals surface area (Å²) in [7, 11) is 0. The van der Waals surface area contributed by atoms with Crippen LogP contribution in [0.1, 0.15) is 28.2 Å². The summed E-state index contributed by atoms with van der Waals surface area (Å²) in [6.07, 6.45) is 5.27. The van der Waals surface area contributed by atoms with Gasteiger partial charge in [0.1, 0.15) is 5.82 Å². The Kier molecular flexibility index (Phi) is 4.12. The molecule has 0 aliphatic rings. The number of aryl methyl sites for hydroxylation is 2. The minimum absolute atomic E-state index is 0.0190. The Morgan fingerprint density at radius 2 is 2.11 bits per heavy atom. The van der Waals surface area contributed by atoms with E-state index in [-0.39, 0.29) is 5.91 Å². The first-order valence-electron chi connectivity index (χ1n) is 6.09. The lowest BCUT2D eigenvalue weighted by atomic mass is 10.1. The topological polar surface area (TPSA) is 57.8 Å². The summed E-state index contributed by atoms with van der Waals surface area (Å²) in [6.45, 7) is 2.67. The summed E-state index contributed by atoms with van der Waals surface area (Å²) in [5, 5.41) is 2.90. The number of aromatic amines is 1. The fourth-order valence-corrected chi connectivity index (χ4v) is 1.70. The van der Waals surface area contributed by atoms with Crippen LogP contribution in [0.4, 0.5) is 0 Å². The van der Waals surface area contributed by atoms with E-state index >= 15 is 0 Å². The van der Waals surface area contributed by atoms with E-state index in [0.717, 1.165) is 24.2 Å². The third-order valence-electron chi connectivity index (χ3n) is 2.74. The number of rotatable bonds is 5. The van der Waals surface area contributed by atoms with E-state index in [2.05, 4.69) is 15.3 Å². The van der Waals surface area contributed by atoms with Gasteiger partial charge < -0.3 is 10.3 Å². The van der Waals surface area contributed by atoms with Gasteiger partial charge in [0.2, 0.25) is 0 Å². The van der Waals surface area contributed by atoms with Crippen LogP contribution >= 0.6 is 0 Å². The maximum Gasteiger partial charge on any atom is 0.251 e. The Labute approximate surface area is 106 Å². The van der Waals surface area contributed by atoms with E-state index in [4.69, 9.17) is 0 Å². The van der Waals surface area contributed by atoms with Gasteiger partial charge >= 0.3 is 0 Å². The number of nitrogens with one attached hydrogen (secondary N) is 2. The van der Waals surface area contributed by atoms with Crippen molar-refractivity contribution in [1.82, 2.24) is 15.3 Å². The standard InChI is InChI=1S/C14H17N3O/c1-11-4-6-12(7-5-11)14(18)17-8-2-3-13-15-9-10-16-13/h4-7,9-10H,2-3,8H2,1H3,(H,15,16)(H,17,18). The van der Waals surface area contributed by atoms with Crippen molar-refractivity contribution in [3.8, 4) is 0 Å². The molecule has 2 aromatic rings. The molecule has 0 radical (unpaired) electrons. The zero-order chi connectivity index (χ0) is 12.8. The second-order valence-corrected chi connectivity index (χ2v) is 4.26. The molecule has 0 spiro atoms. The van der Waals surface area contributed by atoms with Crippen molar-refractivity contribution in [2.75, 3.05) is 6.54 Å². The summed E-state index contributed by atoms with van der Waals surface area (Å²) in [6, 6.07) is 7.57. The fourth-order valence-electron chi connectivity index (χ4n) is 1.70. The quantitative estimate of drug-likeness (QED) is 0.790. The average molecular weight is 243 g/mol. The molecule has 0 saturated carbocycles. The van der Waals surface area contributed by atoms with E-state index in [0.29, 0.717) is 12.1 Å². The molecule has 4 nitrogen and oxygen atoms in total. The van der Waals surface area contributed by atoms with Crippen LogP contribution in [0.3, 0.4) is 0 Å². The van der Waals surface area contributed by atoms with E-state index in [1.54, 1.807) is 12.4 Å². The molecule has 2 N–H and O–H groups in total. The molecule has 4 heteroatoms. The number of H-pyrrole nitrogens is 1. The SMILES string of the molecule is Cc1ccc(C(=O)NCCCc2ncc[nH]2)cc1. The maximum atomic E-state index is 11.8. The Hall–Kier alpha value is -2.10. The van der Waals surface area contributed by atoms with Gasteiger partial charge in [-0.3, -0.25) is 4.79 Å². The fraction of sp³-hybridized carbons (Fsp3) is 0.286. The molecule has 0 aliphatic heterocycles. The van der Waals surface area contributed by atoms with Gasteiger partial charge in [0.15, 0.2) is 0 Å². The van der Waals surface area contributed by atoms with Gasteiger partial charge in [0.25, 0.3) is 5.91 Å². The summed E-state index contributed by atoms with van der Waals surface area (Å²) in [5.74, 6) is 0.939. The van der Waals surface area contributed by atoms with Crippen LogP contribution in [-0.4, -0.2) is 22.4 Å². The first-order chi connectivity index (χ1) is 8.75. The molecule has 1 aromatic heterocycles. The van der Waals surface area contributed by atoms with Gasteiger partial charge in [-0.25, -0.2) is 4.98 Å². The highest BCUT2D eigenvalue weighted by Crippen LogP contribution is 2.02. The monoisotopic (exact) mass is 243 g/mol. The molecule has 0 fully saturated rings. The largest absolute Gasteiger partial charge is 0.352 e. The minimum atomic E-state index is -0.0190. The normalized spacial score (nSPS) is 10.3. The molecule has 18 heavy (non-hydrogen) atoms. The van der Waals surface area contributed by atoms with Crippen molar-refractivity contribution in [3.05, 3.63) is 53.6 Å². The number of imidazole rings is 1. The van der Waals surface area contributed by atoms with Crippen molar-refractivity contribution in [2.45, 2.75) is 19.8 Å². The van der Waals surface area contributed by atoms with Gasteiger partial charge in [-0.15, -0.1) is 0 Å². The van der Waals surface area contributed by atoms with Crippen molar-refractivity contribution in [3.63, 3.8) is 0 Å². The molecule has 0 bridgehead atoms. The van der Waals surface area contributed by atoms with Crippen molar-refractivity contribution in [2.24, 2.45) is 0 Å². The molecule has 0 aliphatic carbocycles. The maximum absolute atomic E-state index is 11.8. The highest BCUT2D eigenvalue weighted by molar-refractivity contribution is 5.94. The van der Waals surface area contributed by atoms with Crippen LogP contribution in [0.5, 0.6) is 0 Å². The average Bonchev–Trinajstić information content (AvgIpc) is 2.88. The van der Waals surface area contributed by atoms with Crippen LogP contribution in [0.25, 0.3) is 0 Å². The number of benzene rings is 1. The Morgan fingerprint density at radius 1 is 1.33 bits per heavy atom. The Balaban J connectivity index is 1.73. The van der Waals surface area contributed by atoms with Gasteiger partial charge in [0.05, 0.1) is 0 Å². The lowest BCUT2D eigenvalue weighted by Gasteiger charge is -2.04. The molecule has 1 amide bonds. The number of carbonyl (C=O) groups excluding carboxylic acids is 1. The van der Waals surface area contributed by atoms with E-state index in [1.165, 1.54) is 0 Å². The number of carbonyl (C=O) groups is 1. The Morgan fingerprint density at radius 3 is 2.78 bits per heavy atom. The highest BCUT2D eigenvalue weighted by Gasteiger charge is 2.03. The number of aromatic nitrogens is 2. The second kappa shape index (κ2) is 6.00. The first kappa shape index (κ1) is 12.4. The van der Waals surface area contributed by atoms with E-state index in [1.807, 2.05) is 31.2 Å². The zero-order valence-corrected chi connectivity index (χ0v) is 10.4. The molecular weight excluding hydrogens is 226 g/mol. The molecule has 2 rings (SSSR count). The summed E-state index contributed by atoms with van der Waals surface area (Å²) < 4.78 is 0. The highest BCUT2D eigenvalue weighted by atomic mass is 16.1. The molecule has 94 valence electrons. The van der Waals surface area contributed by atoms with Crippen LogP contribution in [0, 0.1) is 6.92 Å². The first-order valence-corrected chi connectivity index (χ1v) is 6.09. The van der Waals surface area contributed by atoms with Gasteiger partial charge in [-0.2, -0.15) is 0 Å². The van der Waals surface area contributed by atoms with Gasteiger partial charge in [0, 0.05) is 30.9 Å². The van der Waals surface area contributed by atoms with Crippen molar-refractivity contribution < 1.29 is 4.79 Å². The number of amides is 1. The Bertz CT molecular complexity index is 488. The second-order valence-electron chi connectivity index (χ2n) is 4.26. The summed E-state index contributed by atoms with van der Waals surface area (Å²) >= 11 is 0. The lowest BCUT2D eigenvalue weighted by Crippen LogP contribution is -2.24. The van der Waals surface area contributed by atoms with E-state index in [9.17, 15) is 4.79 Å². The van der Waals surface area contributed by atoms with Gasteiger partial charge in [-0.05, 0) is 25.5 Å². The van der Waals surface area contributed by atoms with Gasteiger partial charge in [-0.1, -0.05) is 17.7 Å². The van der Waals surface area contributed by atoms with Crippen LogP contribution in [0.2, 0.25) is 0 Å². The van der Waals surface area contributed by atoms with Crippen molar-refractivity contribution in [1.29, 1.82) is 0 Å². The van der Waals surface area contributed by atoms with Crippen LogP contribution in [-0.2, 0) is 6.42 Å². The summed E-state index contributed by atoms with van der Waals surface area (Å²) in [5.41, 5.74) is 1.86. The molecular formula is C14H17N3O. The third kappa shape index (κ3) is 3.45. The molecule has 0 atom stereocenters. The molecule has 0 unspecified atom stereocenters. The molecule has 1 aromatic carbocycles. The van der Waals surface area contributed by atoms with Crippen LogP contribution < -0.4 is 5.32 Å². The lowest BCUT2D eigenvalue weighted by molar-refractivity contribution is 0.0953.